The lowest BCUT2D eigenvalue weighted by Crippen LogP contribution is -2.30. The summed E-state index contributed by atoms with van der Waals surface area (Å²) in [6.07, 6.45) is 4.85. The van der Waals surface area contributed by atoms with Crippen LogP contribution in [-0.2, 0) is 4.74 Å². The predicted molar refractivity (Wildman–Crippen MR) is 66.9 cm³/mol. The van der Waals surface area contributed by atoms with Crippen molar-refractivity contribution in [1.29, 1.82) is 0 Å². The Kier molecular flexibility index (Phi) is 3.89. The maximum Gasteiger partial charge on any atom is 0.255 e. The average Bonchev–Trinajstić information content (AvgIpc) is 2.98. The summed E-state index contributed by atoms with van der Waals surface area (Å²) in [7, 11) is 1.71. The number of halogens is 1. The number of rotatable bonds is 6. The molecule has 0 saturated heterocycles. The van der Waals surface area contributed by atoms with E-state index in [1.807, 2.05) is 0 Å². The fraction of sp³-hybridized carbons (Fsp3) is 0.583. The number of ether oxygens (including phenoxy) is 1. The highest BCUT2D eigenvalue weighted by molar-refractivity contribution is 9.10. The summed E-state index contributed by atoms with van der Waals surface area (Å²) < 4.78 is 10.6. The van der Waals surface area contributed by atoms with Crippen LogP contribution in [0.25, 0.3) is 0 Å². The number of furan rings is 1. The molecule has 0 atom stereocenters. The molecular formula is C12H16BrNO3. The van der Waals surface area contributed by atoms with E-state index in [1.54, 1.807) is 13.2 Å². The second kappa shape index (κ2) is 5.23. The van der Waals surface area contributed by atoms with Gasteiger partial charge < -0.3 is 14.5 Å². The highest BCUT2D eigenvalue weighted by Gasteiger charge is 2.42. The van der Waals surface area contributed by atoms with Crippen LogP contribution >= 0.6 is 15.9 Å². The molecule has 2 rings (SSSR count). The molecule has 0 aromatic carbocycles. The lowest BCUT2D eigenvalue weighted by atomic mass is 10.0. The molecule has 1 amide bonds. The van der Waals surface area contributed by atoms with Crippen molar-refractivity contribution in [3.05, 3.63) is 22.6 Å². The SMILES string of the molecule is COCCC1(CNC(=O)c2ccoc2Br)CC1. The van der Waals surface area contributed by atoms with Gasteiger partial charge in [0.25, 0.3) is 5.91 Å². The minimum absolute atomic E-state index is 0.0886. The molecule has 0 unspecified atom stereocenters. The number of amides is 1. The van der Waals surface area contributed by atoms with Gasteiger partial charge in [0.1, 0.15) is 0 Å². The largest absolute Gasteiger partial charge is 0.457 e. The van der Waals surface area contributed by atoms with Crippen LogP contribution in [0.5, 0.6) is 0 Å². The first kappa shape index (κ1) is 12.6. The Morgan fingerprint density at radius 1 is 1.65 bits per heavy atom. The third-order valence-electron chi connectivity index (χ3n) is 3.28. The number of hydrogen-bond donors (Lipinski definition) is 1. The van der Waals surface area contributed by atoms with Gasteiger partial charge in [0.2, 0.25) is 0 Å². The molecule has 0 radical (unpaired) electrons. The van der Waals surface area contributed by atoms with Crippen LogP contribution < -0.4 is 5.32 Å². The summed E-state index contributed by atoms with van der Waals surface area (Å²) >= 11 is 3.20. The van der Waals surface area contributed by atoms with E-state index in [1.165, 1.54) is 19.1 Å². The maximum atomic E-state index is 11.8. The van der Waals surface area contributed by atoms with Crippen molar-refractivity contribution in [3.63, 3.8) is 0 Å². The van der Waals surface area contributed by atoms with E-state index in [9.17, 15) is 4.79 Å². The molecule has 1 saturated carbocycles. The Labute approximate surface area is 109 Å². The van der Waals surface area contributed by atoms with Crippen LogP contribution in [0.4, 0.5) is 0 Å². The lowest BCUT2D eigenvalue weighted by molar-refractivity contribution is 0.0936. The fourth-order valence-electron chi connectivity index (χ4n) is 1.83. The van der Waals surface area contributed by atoms with Gasteiger partial charge in [0.05, 0.1) is 11.8 Å². The van der Waals surface area contributed by atoms with Crippen molar-refractivity contribution in [1.82, 2.24) is 5.32 Å². The van der Waals surface area contributed by atoms with Gasteiger partial charge in [0, 0.05) is 20.3 Å². The third kappa shape index (κ3) is 3.10. The Morgan fingerprint density at radius 3 is 2.94 bits per heavy atom. The zero-order chi connectivity index (χ0) is 12.3. The summed E-state index contributed by atoms with van der Waals surface area (Å²) in [5, 5.41) is 2.95. The fourth-order valence-corrected chi connectivity index (χ4v) is 2.25. The molecule has 17 heavy (non-hydrogen) atoms. The van der Waals surface area contributed by atoms with Gasteiger partial charge in [-0.05, 0) is 46.7 Å². The molecule has 0 aliphatic heterocycles. The monoisotopic (exact) mass is 301 g/mol. The van der Waals surface area contributed by atoms with Crippen molar-refractivity contribution in [2.24, 2.45) is 5.41 Å². The van der Waals surface area contributed by atoms with E-state index in [-0.39, 0.29) is 11.3 Å². The average molecular weight is 302 g/mol. The smallest absolute Gasteiger partial charge is 0.255 e. The van der Waals surface area contributed by atoms with Crippen LogP contribution in [-0.4, -0.2) is 26.2 Å². The Morgan fingerprint density at radius 2 is 2.41 bits per heavy atom. The highest BCUT2D eigenvalue weighted by atomic mass is 79.9. The first-order chi connectivity index (χ1) is 8.17. The van der Waals surface area contributed by atoms with Crippen LogP contribution in [0.1, 0.15) is 29.6 Å². The molecule has 1 aliphatic carbocycles. The molecule has 4 nitrogen and oxygen atoms in total. The summed E-state index contributed by atoms with van der Waals surface area (Å²) in [5.41, 5.74) is 0.814. The number of hydrogen-bond acceptors (Lipinski definition) is 3. The summed E-state index contributed by atoms with van der Waals surface area (Å²) in [6, 6.07) is 1.66. The molecule has 0 spiro atoms. The quantitative estimate of drug-likeness (QED) is 0.878. The molecule has 1 aliphatic rings. The molecular weight excluding hydrogens is 286 g/mol. The van der Waals surface area contributed by atoms with E-state index in [2.05, 4.69) is 21.2 Å². The van der Waals surface area contributed by atoms with E-state index in [0.717, 1.165) is 13.0 Å². The molecule has 1 fully saturated rings. The highest BCUT2D eigenvalue weighted by Crippen LogP contribution is 2.48. The Bertz CT molecular complexity index is 398. The Balaban J connectivity index is 1.83. The Hall–Kier alpha value is -0.810. The molecule has 1 N–H and O–H groups in total. The first-order valence-electron chi connectivity index (χ1n) is 5.67. The molecule has 1 aromatic heterocycles. The van der Waals surface area contributed by atoms with Gasteiger partial charge in [-0.3, -0.25) is 4.79 Å². The van der Waals surface area contributed by atoms with Crippen molar-refractivity contribution < 1.29 is 13.9 Å². The molecule has 5 heteroatoms. The summed E-state index contributed by atoms with van der Waals surface area (Å²) in [6.45, 7) is 1.47. The lowest BCUT2D eigenvalue weighted by Gasteiger charge is -2.15. The minimum atomic E-state index is -0.0886. The van der Waals surface area contributed by atoms with Gasteiger partial charge in [-0.25, -0.2) is 0 Å². The topological polar surface area (TPSA) is 51.5 Å². The number of nitrogens with one attached hydrogen (secondary N) is 1. The minimum Gasteiger partial charge on any atom is -0.457 e. The van der Waals surface area contributed by atoms with Gasteiger partial charge in [0.15, 0.2) is 4.67 Å². The summed E-state index contributed by atoms with van der Waals surface area (Å²) in [4.78, 5) is 11.8. The second-order valence-electron chi connectivity index (χ2n) is 4.53. The first-order valence-corrected chi connectivity index (χ1v) is 6.46. The number of carbonyl (C=O) groups excluding carboxylic acids is 1. The van der Waals surface area contributed by atoms with Crippen molar-refractivity contribution in [2.75, 3.05) is 20.3 Å². The van der Waals surface area contributed by atoms with Crippen LogP contribution in [0, 0.1) is 5.41 Å². The van der Waals surface area contributed by atoms with Crippen LogP contribution in [0.3, 0.4) is 0 Å². The zero-order valence-electron chi connectivity index (χ0n) is 9.79. The standard InChI is InChI=1S/C12H16BrNO3/c1-16-7-5-12(3-4-12)8-14-11(15)9-2-6-17-10(9)13/h2,6H,3-5,7-8H2,1H3,(H,14,15). The molecule has 94 valence electrons. The van der Waals surface area contributed by atoms with Crippen LogP contribution in [0.15, 0.2) is 21.4 Å². The third-order valence-corrected chi connectivity index (χ3v) is 3.89. The number of methoxy groups -OCH3 is 1. The van der Waals surface area contributed by atoms with E-state index < -0.39 is 0 Å². The van der Waals surface area contributed by atoms with Gasteiger partial charge in [-0.2, -0.15) is 0 Å². The number of carbonyl (C=O) groups is 1. The van der Waals surface area contributed by atoms with Gasteiger partial charge >= 0.3 is 0 Å². The van der Waals surface area contributed by atoms with Crippen molar-refractivity contribution in [2.45, 2.75) is 19.3 Å². The second-order valence-corrected chi connectivity index (χ2v) is 5.25. The van der Waals surface area contributed by atoms with Gasteiger partial charge in [-0.15, -0.1) is 0 Å². The molecule has 1 heterocycles. The summed E-state index contributed by atoms with van der Waals surface area (Å²) in [5.74, 6) is -0.0886. The molecule has 1 aromatic rings. The van der Waals surface area contributed by atoms with E-state index in [4.69, 9.17) is 9.15 Å². The normalized spacial score (nSPS) is 16.8. The van der Waals surface area contributed by atoms with E-state index >= 15 is 0 Å². The van der Waals surface area contributed by atoms with Crippen molar-refractivity contribution in [3.8, 4) is 0 Å². The van der Waals surface area contributed by atoms with Gasteiger partial charge in [-0.1, -0.05) is 0 Å². The maximum absolute atomic E-state index is 11.8. The zero-order valence-corrected chi connectivity index (χ0v) is 11.4. The predicted octanol–water partition coefficient (Wildman–Crippen LogP) is 2.59. The van der Waals surface area contributed by atoms with Crippen LogP contribution in [0.2, 0.25) is 0 Å². The van der Waals surface area contributed by atoms with Crippen molar-refractivity contribution >= 4 is 21.8 Å². The molecule has 0 bridgehead atoms. The van der Waals surface area contributed by atoms with E-state index in [0.29, 0.717) is 16.8 Å².